The van der Waals surface area contributed by atoms with Crippen LogP contribution in [0.4, 0.5) is 13.2 Å². The number of ether oxygens (including phenoxy) is 1. The zero-order chi connectivity index (χ0) is 29.0. The Bertz CT molecular complexity index is 1740. The van der Waals surface area contributed by atoms with E-state index in [-0.39, 0.29) is 36.2 Å². The Morgan fingerprint density at radius 1 is 1.25 bits per heavy atom. The fourth-order valence-electron chi connectivity index (χ4n) is 4.90. The Morgan fingerprint density at radius 2 is 1.98 bits per heavy atom. The number of benzene rings is 2. The number of alkyl halides is 3. The van der Waals surface area contributed by atoms with E-state index < -0.39 is 38.2 Å². The standard InChI is InChI=1S/C27H25BrF3N3O5S/c1-3-39-26(36)24-22(14-40(37,38)18-6-4-5-16(11-18)27(29,30)31)34(17-7-8-17)21-12-20(28)25(35)19(23(21)24)13-33-10-9-32-15(33)2/h4-6,9-12,17,35H,3,7-8,13-14H2,1-2H3. The number of hydrogen-bond acceptors (Lipinski definition) is 6. The van der Waals surface area contributed by atoms with E-state index >= 15 is 0 Å². The van der Waals surface area contributed by atoms with Gasteiger partial charge in [-0.3, -0.25) is 0 Å². The van der Waals surface area contributed by atoms with Crippen LogP contribution < -0.4 is 0 Å². The summed E-state index contributed by atoms with van der Waals surface area (Å²) < 4.78 is 76.5. The Hall–Kier alpha value is -3.32. The van der Waals surface area contributed by atoms with Gasteiger partial charge < -0.3 is 19.0 Å². The quantitative estimate of drug-likeness (QED) is 0.231. The van der Waals surface area contributed by atoms with Crippen LogP contribution in [0, 0.1) is 6.92 Å². The minimum absolute atomic E-state index is 0.00717. The lowest BCUT2D eigenvalue weighted by molar-refractivity contribution is -0.137. The molecule has 2 heterocycles. The van der Waals surface area contributed by atoms with Crippen molar-refractivity contribution in [2.75, 3.05) is 6.61 Å². The van der Waals surface area contributed by atoms with Crippen LogP contribution in [0.2, 0.25) is 0 Å². The van der Waals surface area contributed by atoms with Gasteiger partial charge in [-0.05, 0) is 66.9 Å². The van der Waals surface area contributed by atoms with Crippen molar-refractivity contribution < 1.29 is 36.2 Å². The van der Waals surface area contributed by atoms with Gasteiger partial charge in [-0.15, -0.1) is 0 Å². The van der Waals surface area contributed by atoms with Crippen molar-refractivity contribution in [3.63, 3.8) is 0 Å². The molecule has 1 saturated carbocycles. The maximum Gasteiger partial charge on any atom is 0.416 e. The molecule has 13 heteroatoms. The second kappa shape index (κ2) is 10.3. The molecule has 0 aliphatic heterocycles. The number of sulfone groups is 1. The molecular weight excluding hydrogens is 615 g/mol. The summed E-state index contributed by atoms with van der Waals surface area (Å²) in [4.78, 5) is 17.2. The number of carbonyl (C=O) groups is 1. The van der Waals surface area contributed by atoms with Crippen LogP contribution in [-0.2, 0) is 33.0 Å². The van der Waals surface area contributed by atoms with Gasteiger partial charge in [0.15, 0.2) is 9.84 Å². The smallest absolute Gasteiger partial charge is 0.416 e. The molecule has 1 fully saturated rings. The first kappa shape index (κ1) is 28.2. The van der Waals surface area contributed by atoms with E-state index in [0.29, 0.717) is 32.8 Å². The minimum Gasteiger partial charge on any atom is -0.506 e. The van der Waals surface area contributed by atoms with Gasteiger partial charge in [-0.2, -0.15) is 13.2 Å². The lowest BCUT2D eigenvalue weighted by Crippen LogP contribution is -2.15. The lowest BCUT2D eigenvalue weighted by Gasteiger charge is -2.13. The van der Waals surface area contributed by atoms with Gasteiger partial charge in [-0.25, -0.2) is 18.2 Å². The average Bonchev–Trinajstić information content (AvgIpc) is 3.57. The number of esters is 1. The number of fused-ring (bicyclic) bond motifs is 1. The van der Waals surface area contributed by atoms with Gasteiger partial charge in [0.05, 0.1) is 44.9 Å². The first-order chi connectivity index (χ1) is 18.8. The first-order valence-corrected chi connectivity index (χ1v) is 14.9. The largest absolute Gasteiger partial charge is 0.506 e. The molecule has 4 aromatic rings. The van der Waals surface area contributed by atoms with Gasteiger partial charge >= 0.3 is 12.1 Å². The third kappa shape index (κ3) is 5.12. The summed E-state index contributed by atoms with van der Waals surface area (Å²) in [5.41, 5.74) is -0.152. The molecule has 0 atom stereocenters. The van der Waals surface area contributed by atoms with Crippen molar-refractivity contribution in [2.45, 2.75) is 56.1 Å². The molecular formula is C27H25BrF3N3O5S. The molecule has 8 nitrogen and oxygen atoms in total. The number of halogens is 4. The van der Waals surface area contributed by atoms with Gasteiger partial charge in [0.25, 0.3) is 0 Å². The van der Waals surface area contributed by atoms with Crippen LogP contribution in [0.1, 0.15) is 58.8 Å². The molecule has 2 aromatic heterocycles. The summed E-state index contributed by atoms with van der Waals surface area (Å²) in [6.07, 6.45) is 0.0155. The SMILES string of the molecule is CCOC(=O)c1c(CS(=O)(=O)c2cccc(C(F)(F)F)c2)n(C2CC2)c2cc(Br)c(O)c(Cn3ccnc3C)c12. The number of carbonyl (C=O) groups excluding carboxylic acids is 1. The molecule has 1 aliphatic carbocycles. The molecule has 1 aliphatic rings. The summed E-state index contributed by atoms with van der Waals surface area (Å²) in [7, 11) is -4.35. The first-order valence-electron chi connectivity index (χ1n) is 12.5. The van der Waals surface area contributed by atoms with Crippen molar-refractivity contribution in [3.8, 4) is 5.75 Å². The highest BCUT2D eigenvalue weighted by molar-refractivity contribution is 9.10. The van der Waals surface area contributed by atoms with Crippen LogP contribution >= 0.6 is 15.9 Å². The van der Waals surface area contributed by atoms with E-state index in [1.807, 2.05) is 0 Å². The predicted molar refractivity (Wildman–Crippen MR) is 144 cm³/mol. The maximum atomic E-state index is 13.6. The molecule has 0 saturated heterocycles. The van der Waals surface area contributed by atoms with Crippen molar-refractivity contribution in [2.24, 2.45) is 0 Å². The topological polar surface area (TPSA) is 103 Å². The van der Waals surface area contributed by atoms with Crippen molar-refractivity contribution in [3.05, 3.63) is 75.4 Å². The molecule has 40 heavy (non-hydrogen) atoms. The number of nitrogens with zero attached hydrogens (tertiary/aromatic N) is 3. The van der Waals surface area contributed by atoms with Crippen LogP contribution in [-0.4, -0.2) is 40.2 Å². The second-order valence-corrected chi connectivity index (χ2v) is 12.5. The zero-order valence-electron chi connectivity index (χ0n) is 21.5. The molecule has 0 amide bonds. The van der Waals surface area contributed by atoms with Crippen LogP contribution in [0.15, 0.2) is 52.1 Å². The minimum atomic E-state index is -4.73. The van der Waals surface area contributed by atoms with Crippen LogP contribution in [0.25, 0.3) is 10.9 Å². The fourth-order valence-corrected chi connectivity index (χ4v) is 6.75. The third-order valence-electron chi connectivity index (χ3n) is 6.91. The number of phenolic OH excluding ortho intramolecular Hbond substituents is 1. The summed E-state index contributed by atoms with van der Waals surface area (Å²) in [6.45, 7) is 3.52. The van der Waals surface area contributed by atoms with E-state index in [1.54, 1.807) is 41.4 Å². The molecule has 0 radical (unpaired) electrons. The summed E-state index contributed by atoms with van der Waals surface area (Å²) >= 11 is 3.39. The fraction of sp³-hybridized carbons (Fsp3) is 0.333. The summed E-state index contributed by atoms with van der Waals surface area (Å²) in [5, 5.41) is 11.5. The number of rotatable bonds is 8. The van der Waals surface area contributed by atoms with E-state index in [0.717, 1.165) is 31.0 Å². The lowest BCUT2D eigenvalue weighted by atomic mass is 10.0. The summed E-state index contributed by atoms with van der Waals surface area (Å²) in [5.74, 6) is -1.01. The highest BCUT2D eigenvalue weighted by atomic mass is 79.9. The van der Waals surface area contributed by atoms with E-state index in [9.17, 15) is 31.5 Å². The Kier molecular flexibility index (Phi) is 7.24. The maximum absolute atomic E-state index is 13.6. The van der Waals surface area contributed by atoms with Crippen LogP contribution in [0.3, 0.4) is 0 Å². The molecule has 212 valence electrons. The highest BCUT2D eigenvalue weighted by Crippen LogP contribution is 2.47. The molecule has 5 rings (SSSR count). The van der Waals surface area contributed by atoms with E-state index in [2.05, 4.69) is 20.9 Å². The van der Waals surface area contributed by atoms with Gasteiger partial charge in [0.2, 0.25) is 0 Å². The number of imidazole rings is 1. The highest BCUT2D eigenvalue weighted by Gasteiger charge is 2.37. The van der Waals surface area contributed by atoms with Crippen molar-refractivity contribution in [1.29, 1.82) is 0 Å². The molecule has 1 N–H and O–H groups in total. The average molecular weight is 640 g/mol. The monoisotopic (exact) mass is 639 g/mol. The number of hydrogen-bond donors (Lipinski definition) is 1. The second-order valence-electron chi connectivity index (χ2n) is 9.61. The van der Waals surface area contributed by atoms with Crippen LogP contribution in [0.5, 0.6) is 5.75 Å². The summed E-state index contributed by atoms with van der Waals surface area (Å²) in [6, 6.07) is 5.04. The molecule has 2 aromatic carbocycles. The normalized spacial score (nSPS) is 14.2. The van der Waals surface area contributed by atoms with Gasteiger partial charge in [0.1, 0.15) is 11.6 Å². The number of phenols is 1. The Balaban J connectivity index is 1.78. The zero-order valence-corrected chi connectivity index (χ0v) is 23.9. The van der Waals surface area contributed by atoms with Crippen molar-refractivity contribution in [1.82, 2.24) is 14.1 Å². The Morgan fingerprint density at radius 3 is 2.58 bits per heavy atom. The van der Waals surface area contributed by atoms with E-state index in [4.69, 9.17) is 4.74 Å². The number of aromatic nitrogens is 3. The van der Waals surface area contributed by atoms with Gasteiger partial charge in [-0.1, -0.05) is 6.07 Å². The molecule has 0 unspecified atom stereocenters. The van der Waals surface area contributed by atoms with Crippen molar-refractivity contribution >= 4 is 42.6 Å². The number of aryl methyl sites for hydroxylation is 1. The van der Waals surface area contributed by atoms with E-state index in [1.165, 1.54) is 0 Å². The molecule has 0 spiro atoms. The number of aromatic hydroxyl groups is 1. The molecule has 0 bridgehead atoms. The van der Waals surface area contributed by atoms with Gasteiger partial charge in [0, 0.05) is 35.1 Å². The Labute approximate surface area is 236 Å². The third-order valence-corrected chi connectivity index (χ3v) is 9.14. The predicted octanol–water partition coefficient (Wildman–Crippen LogP) is 6.17.